The number of carbonyl (C=O) groups excluding carboxylic acids is 2. The van der Waals surface area contributed by atoms with Gasteiger partial charge in [0.1, 0.15) is 6.04 Å². The lowest BCUT2D eigenvalue weighted by molar-refractivity contribution is -0.126. The topological polar surface area (TPSA) is 75.4 Å². The van der Waals surface area contributed by atoms with Crippen LogP contribution < -0.4 is 11.1 Å². The molecule has 3 N–H and O–H groups in total. The number of hydrogen-bond acceptors (Lipinski definition) is 4. The predicted molar refractivity (Wildman–Crippen MR) is 108 cm³/mol. The summed E-state index contributed by atoms with van der Waals surface area (Å²) in [5.74, 6) is -0.0894. The highest BCUT2D eigenvalue weighted by atomic mass is 35.5. The summed E-state index contributed by atoms with van der Waals surface area (Å²) in [5.41, 5.74) is 7.54. The van der Waals surface area contributed by atoms with Crippen LogP contribution in [0.15, 0.2) is 41.8 Å². The molecule has 0 spiro atoms. The molecule has 1 saturated heterocycles. The second kappa shape index (κ2) is 9.59. The number of nitrogens with two attached hydrogens (primary N) is 1. The fourth-order valence-electron chi connectivity index (χ4n) is 3.12. The summed E-state index contributed by atoms with van der Waals surface area (Å²) in [6.45, 7) is 1.20. The number of rotatable bonds is 5. The van der Waals surface area contributed by atoms with Crippen molar-refractivity contribution < 1.29 is 9.59 Å². The van der Waals surface area contributed by atoms with Crippen molar-refractivity contribution in [3.8, 4) is 0 Å². The zero-order valence-corrected chi connectivity index (χ0v) is 16.2. The molecule has 0 aliphatic carbocycles. The lowest BCUT2D eigenvalue weighted by atomic mass is 10.0. The van der Waals surface area contributed by atoms with E-state index in [2.05, 4.69) is 5.32 Å². The number of piperidine rings is 1. The van der Waals surface area contributed by atoms with E-state index in [1.165, 1.54) is 11.3 Å². The molecule has 140 valence electrons. The van der Waals surface area contributed by atoms with Crippen LogP contribution in [0.25, 0.3) is 0 Å². The molecule has 1 unspecified atom stereocenters. The largest absolute Gasteiger partial charge is 0.399 e. The first kappa shape index (κ1) is 20.3. The first-order valence-electron chi connectivity index (χ1n) is 8.62. The Balaban J connectivity index is 0.00000243. The summed E-state index contributed by atoms with van der Waals surface area (Å²) in [4.78, 5) is 27.7. The fourth-order valence-corrected chi connectivity index (χ4v) is 3.80. The van der Waals surface area contributed by atoms with Gasteiger partial charge in [-0.25, -0.2) is 0 Å². The summed E-state index contributed by atoms with van der Waals surface area (Å²) >= 11 is 1.42. The maximum absolute atomic E-state index is 12.6. The molecule has 5 nitrogen and oxygen atoms in total. The normalized spacial score (nSPS) is 16.6. The van der Waals surface area contributed by atoms with Gasteiger partial charge in [0.15, 0.2) is 0 Å². The third kappa shape index (κ3) is 4.99. The van der Waals surface area contributed by atoms with Crippen molar-refractivity contribution in [1.29, 1.82) is 0 Å². The summed E-state index contributed by atoms with van der Waals surface area (Å²) in [5, 5.41) is 4.87. The second-order valence-corrected chi connectivity index (χ2v) is 7.22. The minimum absolute atomic E-state index is 0. The molecule has 1 aliphatic heterocycles. The molecule has 0 bridgehead atoms. The van der Waals surface area contributed by atoms with Gasteiger partial charge in [-0.05, 0) is 54.8 Å². The first-order chi connectivity index (χ1) is 12.1. The number of nitrogen functional groups attached to an aromatic ring is 1. The molecule has 2 amide bonds. The van der Waals surface area contributed by atoms with Crippen molar-refractivity contribution in [3.63, 3.8) is 0 Å². The van der Waals surface area contributed by atoms with Gasteiger partial charge in [0.25, 0.3) is 5.91 Å². The van der Waals surface area contributed by atoms with E-state index in [1.54, 1.807) is 4.90 Å². The number of anilines is 1. The predicted octanol–water partition coefficient (Wildman–Crippen LogP) is 3.11. The van der Waals surface area contributed by atoms with Crippen LogP contribution in [0.5, 0.6) is 0 Å². The monoisotopic (exact) mass is 393 g/mol. The van der Waals surface area contributed by atoms with Crippen molar-refractivity contribution in [2.45, 2.75) is 31.7 Å². The lowest BCUT2D eigenvalue weighted by Crippen LogP contribution is -2.52. The molecule has 1 aromatic heterocycles. The number of nitrogens with zero attached hydrogens (tertiary/aromatic N) is 1. The van der Waals surface area contributed by atoms with Crippen LogP contribution in [-0.2, 0) is 11.2 Å². The minimum Gasteiger partial charge on any atom is -0.399 e. The van der Waals surface area contributed by atoms with Gasteiger partial charge in [-0.3, -0.25) is 9.59 Å². The average molecular weight is 394 g/mol. The Labute approximate surface area is 164 Å². The highest BCUT2D eigenvalue weighted by Crippen LogP contribution is 2.22. The van der Waals surface area contributed by atoms with Gasteiger partial charge in [0.05, 0.1) is 4.88 Å². The highest BCUT2D eigenvalue weighted by molar-refractivity contribution is 7.12. The number of thiophene rings is 1. The van der Waals surface area contributed by atoms with Gasteiger partial charge in [0, 0.05) is 18.8 Å². The molecule has 2 aromatic rings. The van der Waals surface area contributed by atoms with Gasteiger partial charge in [-0.2, -0.15) is 0 Å². The number of amides is 2. The molecular weight excluding hydrogens is 370 g/mol. The number of halogens is 1. The van der Waals surface area contributed by atoms with Gasteiger partial charge in [-0.1, -0.05) is 18.2 Å². The smallest absolute Gasteiger partial charge is 0.264 e. The van der Waals surface area contributed by atoms with Gasteiger partial charge >= 0.3 is 0 Å². The number of nitrogens with one attached hydrogen (secondary N) is 1. The third-order valence-corrected chi connectivity index (χ3v) is 5.35. The molecule has 1 aliphatic rings. The Hall–Kier alpha value is -2.05. The lowest BCUT2D eigenvalue weighted by Gasteiger charge is -2.34. The van der Waals surface area contributed by atoms with E-state index in [-0.39, 0.29) is 30.3 Å². The highest BCUT2D eigenvalue weighted by Gasteiger charge is 2.32. The molecule has 1 aromatic carbocycles. The third-order valence-electron chi connectivity index (χ3n) is 4.49. The van der Waals surface area contributed by atoms with Crippen molar-refractivity contribution in [2.75, 3.05) is 18.8 Å². The number of hydrogen-bond donors (Lipinski definition) is 2. The summed E-state index contributed by atoms with van der Waals surface area (Å²) in [7, 11) is 0. The number of carbonyl (C=O) groups is 2. The van der Waals surface area contributed by atoms with Gasteiger partial charge < -0.3 is 16.0 Å². The van der Waals surface area contributed by atoms with E-state index in [9.17, 15) is 9.59 Å². The number of likely N-dealkylation sites (tertiary alicyclic amines) is 1. The van der Waals surface area contributed by atoms with Crippen LogP contribution in [0.1, 0.15) is 34.5 Å². The molecule has 1 atom stereocenters. The second-order valence-electron chi connectivity index (χ2n) is 6.27. The van der Waals surface area contributed by atoms with Crippen molar-refractivity contribution in [2.24, 2.45) is 0 Å². The van der Waals surface area contributed by atoms with Crippen molar-refractivity contribution >= 4 is 41.2 Å². The molecule has 0 saturated carbocycles. The standard InChI is InChI=1S/C19H23N3O2S.ClH/c20-15-8-6-14(7-9-15)10-11-21-18(23)16-4-1-2-12-22(16)19(24)17-5-3-13-25-17;/h3,5-9,13,16H,1-2,4,10-12,20H2,(H,21,23);1H. The van der Waals surface area contributed by atoms with Crippen molar-refractivity contribution in [1.82, 2.24) is 10.2 Å². The molecule has 7 heteroatoms. The van der Waals surface area contributed by atoms with Gasteiger partial charge in [-0.15, -0.1) is 23.7 Å². The molecule has 2 heterocycles. The summed E-state index contributed by atoms with van der Waals surface area (Å²) in [6.07, 6.45) is 3.40. The number of benzene rings is 1. The van der Waals surface area contributed by atoms with Crippen LogP contribution in [0.2, 0.25) is 0 Å². The first-order valence-corrected chi connectivity index (χ1v) is 9.50. The van der Waals surface area contributed by atoms with E-state index in [0.717, 1.165) is 36.9 Å². The van der Waals surface area contributed by atoms with Crippen LogP contribution in [0.3, 0.4) is 0 Å². The Morgan fingerprint density at radius 1 is 1.19 bits per heavy atom. The molecule has 0 radical (unpaired) electrons. The summed E-state index contributed by atoms with van der Waals surface area (Å²) < 4.78 is 0. The maximum Gasteiger partial charge on any atom is 0.264 e. The average Bonchev–Trinajstić information content (AvgIpc) is 3.17. The summed E-state index contributed by atoms with van der Waals surface area (Å²) in [6, 6.07) is 11.0. The fraction of sp³-hybridized carbons (Fsp3) is 0.368. The zero-order chi connectivity index (χ0) is 17.6. The zero-order valence-electron chi connectivity index (χ0n) is 14.5. The molecule has 26 heavy (non-hydrogen) atoms. The quantitative estimate of drug-likeness (QED) is 0.766. The van der Waals surface area contributed by atoms with E-state index in [0.29, 0.717) is 18.0 Å². The van der Waals surface area contributed by atoms with Crippen LogP contribution in [-0.4, -0.2) is 35.8 Å². The van der Waals surface area contributed by atoms with Gasteiger partial charge in [0.2, 0.25) is 5.91 Å². The van der Waals surface area contributed by atoms with E-state index < -0.39 is 0 Å². The van der Waals surface area contributed by atoms with Crippen molar-refractivity contribution in [3.05, 3.63) is 52.2 Å². The minimum atomic E-state index is -0.366. The van der Waals surface area contributed by atoms with E-state index in [1.807, 2.05) is 41.8 Å². The SMILES string of the molecule is Cl.Nc1ccc(CCNC(=O)C2CCCCN2C(=O)c2cccs2)cc1. The molecule has 1 fully saturated rings. The molecule has 3 rings (SSSR count). The van der Waals surface area contributed by atoms with E-state index in [4.69, 9.17) is 5.73 Å². The van der Waals surface area contributed by atoms with Crippen LogP contribution >= 0.6 is 23.7 Å². The Morgan fingerprint density at radius 2 is 1.96 bits per heavy atom. The Kier molecular flexibility index (Phi) is 7.48. The van der Waals surface area contributed by atoms with Crippen LogP contribution in [0, 0.1) is 0 Å². The van der Waals surface area contributed by atoms with E-state index >= 15 is 0 Å². The Bertz CT molecular complexity index is 719. The molecular formula is C19H24ClN3O2S. The Morgan fingerprint density at radius 3 is 2.65 bits per heavy atom. The maximum atomic E-state index is 12.6. The van der Waals surface area contributed by atoms with Crippen LogP contribution in [0.4, 0.5) is 5.69 Å².